The number of rotatable bonds is 5. The van der Waals surface area contributed by atoms with Gasteiger partial charge in [0.1, 0.15) is 17.4 Å². The van der Waals surface area contributed by atoms with Crippen LogP contribution in [0.4, 0.5) is 15.9 Å². The molecule has 1 aliphatic heterocycles. The van der Waals surface area contributed by atoms with Crippen molar-refractivity contribution >= 4 is 38.2 Å². The van der Waals surface area contributed by atoms with Gasteiger partial charge in [-0.3, -0.25) is 9.78 Å². The van der Waals surface area contributed by atoms with Gasteiger partial charge in [-0.25, -0.2) is 17.5 Å². The SMILES string of the molecule is CS(=O)(=O)Cn1nc(Nc2ccc(F)cc2)c2cnc(C(=O)N3CCCOCC3)cc21. The number of anilines is 2. The minimum Gasteiger partial charge on any atom is -0.380 e. The Morgan fingerprint density at radius 1 is 1.23 bits per heavy atom. The van der Waals surface area contributed by atoms with Gasteiger partial charge in [0, 0.05) is 37.8 Å². The van der Waals surface area contributed by atoms with E-state index in [2.05, 4.69) is 15.4 Å². The van der Waals surface area contributed by atoms with Gasteiger partial charge in [-0.1, -0.05) is 0 Å². The van der Waals surface area contributed by atoms with E-state index in [1.54, 1.807) is 23.1 Å². The Labute approximate surface area is 178 Å². The quantitative estimate of drug-likeness (QED) is 0.639. The Morgan fingerprint density at radius 3 is 2.74 bits per heavy atom. The van der Waals surface area contributed by atoms with Crippen molar-refractivity contribution in [3.05, 3.63) is 48.0 Å². The van der Waals surface area contributed by atoms with Gasteiger partial charge >= 0.3 is 0 Å². The van der Waals surface area contributed by atoms with Crippen molar-refractivity contribution < 1.29 is 22.3 Å². The van der Waals surface area contributed by atoms with Crippen LogP contribution in [0.2, 0.25) is 0 Å². The Morgan fingerprint density at radius 2 is 2.00 bits per heavy atom. The highest BCUT2D eigenvalue weighted by molar-refractivity contribution is 7.89. The molecule has 4 rings (SSSR count). The van der Waals surface area contributed by atoms with E-state index < -0.39 is 9.84 Å². The number of hydrogen-bond donors (Lipinski definition) is 1. The Balaban J connectivity index is 1.72. The molecule has 11 heteroatoms. The fourth-order valence-corrected chi connectivity index (χ4v) is 4.02. The van der Waals surface area contributed by atoms with Crippen LogP contribution in [0, 0.1) is 5.82 Å². The average molecular weight is 447 g/mol. The standard InChI is InChI=1S/C20H22FN5O4S/c1-31(28,29)13-26-18-11-17(20(27)25-7-2-9-30-10-8-25)22-12-16(18)19(24-26)23-15-5-3-14(21)4-6-15/h3-6,11-12H,2,7-10,13H2,1H3,(H,23,24). The third kappa shape index (κ3) is 5.00. The minimum absolute atomic E-state index is 0.206. The Kier molecular flexibility index (Phi) is 5.88. The molecular weight excluding hydrogens is 425 g/mol. The summed E-state index contributed by atoms with van der Waals surface area (Å²) >= 11 is 0. The molecule has 1 saturated heterocycles. The van der Waals surface area contributed by atoms with E-state index in [0.29, 0.717) is 48.7 Å². The van der Waals surface area contributed by atoms with E-state index in [9.17, 15) is 17.6 Å². The lowest BCUT2D eigenvalue weighted by Crippen LogP contribution is -2.33. The largest absolute Gasteiger partial charge is 0.380 e. The smallest absolute Gasteiger partial charge is 0.272 e. The number of carbonyl (C=O) groups is 1. The predicted molar refractivity (Wildman–Crippen MR) is 113 cm³/mol. The number of pyridine rings is 1. The van der Waals surface area contributed by atoms with Crippen LogP contribution in [0.3, 0.4) is 0 Å². The first-order valence-electron chi connectivity index (χ1n) is 9.74. The molecule has 0 unspecified atom stereocenters. The van der Waals surface area contributed by atoms with Crippen LogP contribution in [-0.4, -0.2) is 66.5 Å². The number of nitrogens with zero attached hydrogens (tertiary/aromatic N) is 4. The second kappa shape index (κ2) is 8.60. The van der Waals surface area contributed by atoms with E-state index in [0.717, 1.165) is 12.7 Å². The maximum atomic E-state index is 13.2. The first-order chi connectivity index (χ1) is 14.8. The first kappa shape index (κ1) is 21.2. The zero-order valence-electron chi connectivity index (χ0n) is 16.9. The number of ether oxygens (including phenoxy) is 1. The maximum absolute atomic E-state index is 13.2. The van der Waals surface area contributed by atoms with Crippen LogP contribution in [-0.2, 0) is 20.5 Å². The third-order valence-corrected chi connectivity index (χ3v) is 5.54. The number of amides is 1. The average Bonchev–Trinajstić information content (AvgIpc) is 2.90. The van der Waals surface area contributed by atoms with Crippen LogP contribution in [0.5, 0.6) is 0 Å². The molecule has 0 atom stereocenters. The summed E-state index contributed by atoms with van der Waals surface area (Å²) < 4.78 is 43.8. The van der Waals surface area contributed by atoms with E-state index in [-0.39, 0.29) is 23.3 Å². The second-order valence-corrected chi connectivity index (χ2v) is 9.49. The zero-order chi connectivity index (χ0) is 22.0. The molecule has 9 nitrogen and oxygen atoms in total. The Hall–Kier alpha value is -3.05. The van der Waals surface area contributed by atoms with E-state index in [4.69, 9.17) is 4.74 Å². The molecule has 31 heavy (non-hydrogen) atoms. The molecule has 1 aromatic carbocycles. The van der Waals surface area contributed by atoms with Crippen molar-refractivity contribution in [3.8, 4) is 0 Å². The zero-order valence-corrected chi connectivity index (χ0v) is 17.7. The summed E-state index contributed by atoms with van der Waals surface area (Å²) in [5, 5.41) is 7.97. The summed E-state index contributed by atoms with van der Waals surface area (Å²) in [4.78, 5) is 18.9. The molecule has 0 spiro atoms. The highest BCUT2D eigenvalue weighted by Crippen LogP contribution is 2.27. The Bertz CT molecular complexity index is 1200. The number of sulfone groups is 1. The molecule has 0 radical (unpaired) electrons. The van der Waals surface area contributed by atoms with Crippen molar-refractivity contribution in [1.82, 2.24) is 19.7 Å². The molecule has 164 valence electrons. The maximum Gasteiger partial charge on any atom is 0.272 e. The van der Waals surface area contributed by atoms with Gasteiger partial charge in [0.25, 0.3) is 5.91 Å². The molecule has 2 aromatic heterocycles. The van der Waals surface area contributed by atoms with Gasteiger partial charge in [0.05, 0.1) is 17.5 Å². The van der Waals surface area contributed by atoms with Gasteiger partial charge in [0.15, 0.2) is 15.7 Å². The van der Waals surface area contributed by atoms with Crippen LogP contribution in [0.25, 0.3) is 10.9 Å². The molecule has 1 N–H and O–H groups in total. The lowest BCUT2D eigenvalue weighted by molar-refractivity contribution is 0.0735. The van der Waals surface area contributed by atoms with Crippen LogP contribution >= 0.6 is 0 Å². The van der Waals surface area contributed by atoms with E-state index >= 15 is 0 Å². The molecule has 0 bridgehead atoms. The summed E-state index contributed by atoms with van der Waals surface area (Å²) in [5.41, 5.74) is 1.24. The first-order valence-corrected chi connectivity index (χ1v) is 11.8. The number of benzene rings is 1. The van der Waals surface area contributed by atoms with E-state index in [1.165, 1.54) is 23.0 Å². The summed E-state index contributed by atoms with van der Waals surface area (Å²) in [7, 11) is -3.40. The molecule has 3 heterocycles. The molecule has 1 amide bonds. The molecule has 1 aliphatic rings. The van der Waals surface area contributed by atoms with Crippen LogP contribution in [0.1, 0.15) is 16.9 Å². The van der Waals surface area contributed by atoms with Gasteiger partial charge in [-0.15, -0.1) is 0 Å². The van der Waals surface area contributed by atoms with E-state index in [1.807, 2.05) is 0 Å². The van der Waals surface area contributed by atoms with Gasteiger partial charge in [-0.2, -0.15) is 5.10 Å². The van der Waals surface area contributed by atoms with Gasteiger partial charge in [0.2, 0.25) is 0 Å². The monoisotopic (exact) mass is 447 g/mol. The number of fused-ring (bicyclic) bond motifs is 1. The van der Waals surface area contributed by atoms with Crippen LogP contribution < -0.4 is 5.32 Å². The molecule has 0 aliphatic carbocycles. The number of nitrogens with one attached hydrogen (secondary N) is 1. The normalized spacial score (nSPS) is 15.1. The molecule has 1 fully saturated rings. The topological polar surface area (TPSA) is 106 Å². The molecule has 0 saturated carbocycles. The number of hydrogen-bond acceptors (Lipinski definition) is 7. The van der Waals surface area contributed by atoms with Crippen molar-refractivity contribution in [1.29, 1.82) is 0 Å². The summed E-state index contributed by atoms with van der Waals surface area (Å²) in [6, 6.07) is 7.25. The summed E-state index contributed by atoms with van der Waals surface area (Å²) in [6.07, 6.45) is 3.35. The second-order valence-electron chi connectivity index (χ2n) is 7.38. The van der Waals surface area contributed by atoms with Crippen molar-refractivity contribution in [2.75, 3.05) is 37.9 Å². The highest BCUT2D eigenvalue weighted by atomic mass is 32.2. The molecule has 3 aromatic rings. The highest BCUT2D eigenvalue weighted by Gasteiger charge is 2.22. The lowest BCUT2D eigenvalue weighted by Gasteiger charge is -2.19. The van der Waals surface area contributed by atoms with Crippen LogP contribution in [0.15, 0.2) is 36.5 Å². The van der Waals surface area contributed by atoms with Gasteiger partial charge in [-0.05, 0) is 36.8 Å². The van der Waals surface area contributed by atoms with Gasteiger partial charge < -0.3 is 15.0 Å². The fraction of sp³-hybridized carbons (Fsp3) is 0.350. The predicted octanol–water partition coefficient (Wildman–Crippen LogP) is 2.18. The summed E-state index contributed by atoms with van der Waals surface area (Å²) in [6.45, 7) is 2.11. The number of aromatic nitrogens is 3. The number of halogens is 1. The molecular formula is C20H22FN5O4S. The summed E-state index contributed by atoms with van der Waals surface area (Å²) in [5.74, 6) is -0.613. The fourth-order valence-electron chi connectivity index (χ4n) is 3.38. The van der Waals surface area contributed by atoms with Crippen molar-refractivity contribution in [2.24, 2.45) is 0 Å². The van der Waals surface area contributed by atoms with Crippen molar-refractivity contribution in [2.45, 2.75) is 12.3 Å². The minimum atomic E-state index is -3.40. The third-order valence-electron chi connectivity index (χ3n) is 4.83. The lowest BCUT2D eigenvalue weighted by atomic mass is 10.2. The van der Waals surface area contributed by atoms with Crippen molar-refractivity contribution in [3.63, 3.8) is 0 Å². The number of carbonyl (C=O) groups excluding carboxylic acids is 1.